The van der Waals surface area contributed by atoms with Crippen LogP contribution in [0.15, 0.2) is 35.5 Å². The van der Waals surface area contributed by atoms with Crippen molar-refractivity contribution in [2.24, 2.45) is 23.2 Å². The van der Waals surface area contributed by atoms with Gasteiger partial charge < -0.3 is 25.5 Å². The molecule has 0 aromatic heterocycles. The number of aliphatic hydroxyl groups excluding tert-OH is 2. The van der Waals surface area contributed by atoms with Gasteiger partial charge >= 0.3 is 6.16 Å². The quantitative estimate of drug-likeness (QED) is 0.294. The maximum Gasteiger partial charge on any atom is 0.503 e. The van der Waals surface area contributed by atoms with Gasteiger partial charge in [0.15, 0.2) is 0 Å². The third-order valence-corrected chi connectivity index (χ3v) is 8.44. The molecule has 0 unspecified atom stereocenters. The number of carboxylic acid groups (broad SMARTS) is 2. The number of carbonyl (C=O) groups is 1. The van der Waals surface area contributed by atoms with E-state index in [-0.39, 0.29) is 37.7 Å². The summed E-state index contributed by atoms with van der Waals surface area (Å²) in [5, 5.41) is 44.1. The van der Waals surface area contributed by atoms with Crippen molar-refractivity contribution in [3.63, 3.8) is 0 Å². The molecule has 0 aliphatic heterocycles. The molecule has 0 amide bonds. The average molecular weight is 519 g/mol. The van der Waals surface area contributed by atoms with Gasteiger partial charge in [0.1, 0.15) is 0 Å². The summed E-state index contributed by atoms with van der Waals surface area (Å²) in [7, 11) is 0. The van der Waals surface area contributed by atoms with Crippen LogP contribution in [0.4, 0.5) is 4.79 Å². The zero-order chi connectivity index (χ0) is 25.7. The van der Waals surface area contributed by atoms with Crippen molar-refractivity contribution >= 4 is 43.9 Å². The summed E-state index contributed by atoms with van der Waals surface area (Å²) in [5.74, 6) is 2.11. The first-order chi connectivity index (χ1) is 15.7. The summed E-state index contributed by atoms with van der Waals surface area (Å²) in [6.45, 7) is 12.8. The van der Waals surface area contributed by atoms with Crippen LogP contribution < -0.4 is 0 Å². The van der Waals surface area contributed by atoms with E-state index in [9.17, 15) is 15.3 Å². The standard InChI is InChI=1S/C27H44O3.CH2O3.Ca/c1-18(8-6-14-26(3,4)30)23-12-13-24-20(9-7-15-27(23,24)5)10-11-21-16-22(28)17-25(29)19(21)2;2-1(3)4;/h10-11,18,22-25,28-30H,2,6-9,12-17H2,1,3-5H3;(H2,2,3,4);/b20-10+,21-11-;;/t18-,22-,23-,24+,25+,27-;;/m1../s1. The minimum absolute atomic E-state index is 0. The summed E-state index contributed by atoms with van der Waals surface area (Å²) < 4.78 is 0. The SMILES string of the molecule is C=C1/C(=C\C=C2/CCC[C@]3(C)[C@@H]([C@H](C)CCCC(C)(C)O)CC[C@@H]23)C[C@@H](O)C[C@@H]1O.O=C(O)O.[Ca]. The Kier molecular flexibility index (Phi) is 13.0. The second-order valence-electron chi connectivity index (χ2n) is 11.6. The summed E-state index contributed by atoms with van der Waals surface area (Å²) in [6, 6.07) is 0. The van der Waals surface area contributed by atoms with E-state index in [2.05, 4.69) is 32.6 Å². The van der Waals surface area contributed by atoms with Crippen LogP contribution in [0.2, 0.25) is 0 Å². The zero-order valence-corrected chi connectivity index (χ0v) is 24.4. The third-order valence-electron chi connectivity index (χ3n) is 8.44. The van der Waals surface area contributed by atoms with Crippen LogP contribution in [0.3, 0.4) is 0 Å². The number of allylic oxidation sites excluding steroid dienone is 3. The molecule has 3 aliphatic carbocycles. The number of rotatable bonds is 6. The van der Waals surface area contributed by atoms with E-state index >= 15 is 0 Å². The molecule has 3 fully saturated rings. The second kappa shape index (κ2) is 14.0. The maximum absolute atomic E-state index is 10.1. The Bertz CT molecular complexity index is 779. The first-order valence-electron chi connectivity index (χ1n) is 12.8. The van der Waals surface area contributed by atoms with Gasteiger partial charge in [-0.25, -0.2) is 4.79 Å². The van der Waals surface area contributed by atoms with Crippen molar-refractivity contribution in [3.05, 3.63) is 35.5 Å². The molecule has 35 heavy (non-hydrogen) atoms. The fraction of sp³-hybridized carbons (Fsp3) is 0.750. The molecule has 3 aliphatic rings. The summed E-state index contributed by atoms with van der Waals surface area (Å²) in [4.78, 5) is 8.56. The van der Waals surface area contributed by atoms with Gasteiger partial charge in [-0.1, -0.05) is 51.0 Å². The van der Waals surface area contributed by atoms with Gasteiger partial charge in [0, 0.05) is 44.2 Å². The Hall–Kier alpha value is -0.370. The average Bonchev–Trinajstić information content (AvgIpc) is 3.05. The van der Waals surface area contributed by atoms with Gasteiger partial charge in [-0.3, -0.25) is 0 Å². The van der Waals surface area contributed by atoms with Crippen LogP contribution in [0.25, 0.3) is 0 Å². The van der Waals surface area contributed by atoms with Crippen molar-refractivity contribution in [3.8, 4) is 0 Å². The van der Waals surface area contributed by atoms with E-state index < -0.39 is 24.0 Å². The summed E-state index contributed by atoms with van der Waals surface area (Å²) in [6.07, 6.45) is 12.0. The second-order valence-corrected chi connectivity index (χ2v) is 11.6. The Balaban J connectivity index is 0.00000114. The first kappa shape index (κ1) is 32.7. The smallest absolute Gasteiger partial charge is 0.450 e. The van der Waals surface area contributed by atoms with E-state index in [1.807, 2.05) is 13.8 Å². The molecule has 7 heteroatoms. The molecule has 0 aromatic rings. The topological polar surface area (TPSA) is 118 Å². The number of aliphatic hydroxyl groups is 3. The number of fused-ring (bicyclic) bond motifs is 1. The summed E-state index contributed by atoms with van der Waals surface area (Å²) >= 11 is 0. The van der Waals surface area contributed by atoms with E-state index in [1.54, 1.807) is 5.57 Å². The van der Waals surface area contributed by atoms with Crippen LogP contribution in [0.5, 0.6) is 0 Å². The molecular weight excluding hydrogens is 472 g/mol. The Morgan fingerprint density at radius 3 is 2.46 bits per heavy atom. The van der Waals surface area contributed by atoms with Crippen LogP contribution in [-0.4, -0.2) is 87.2 Å². The molecule has 6 nitrogen and oxygen atoms in total. The van der Waals surface area contributed by atoms with Crippen molar-refractivity contribution in [1.29, 1.82) is 0 Å². The van der Waals surface area contributed by atoms with E-state index in [1.165, 1.54) is 38.5 Å². The van der Waals surface area contributed by atoms with Crippen LogP contribution in [-0.2, 0) is 0 Å². The third kappa shape index (κ3) is 9.46. The molecule has 0 bridgehead atoms. The number of hydrogen-bond donors (Lipinski definition) is 5. The van der Waals surface area contributed by atoms with Crippen LogP contribution >= 0.6 is 0 Å². The minimum atomic E-state index is -1.83. The minimum Gasteiger partial charge on any atom is -0.450 e. The van der Waals surface area contributed by atoms with Crippen molar-refractivity contribution in [2.75, 3.05) is 0 Å². The largest absolute Gasteiger partial charge is 0.503 e. The monoisotopic (exact) mass is 518 g/mol. The molecule has 3 rings (SSSR count). The molecule has 0 aromatic carbocycles. The molecule has 5 N–H and O–H groups in total. The molecule has 0 spiro atoms. The fourth-order valence-electron chi connectivity index (χ4n) is 6.74. The molecule has 2 radical (unpaired) electrons. The summed E-state index contributed by atoms with van der Waals surface area (Å²) in [5.41, 5.74) is 3.17. The van der Waals surface area contributed by atoms with Gasteiger partial charge in [0.2, 0.25) is 0 Å². The molecule has 196 valence electrons. The predicted octanol–water partition coefficient (Wildman–Crippen LogP) is 5.55. The molecule has 0 heterocycles. The molecule has 6 atom stereocenters. The van der Waals surface area contributed by atoms with E-state index in [0.717, 1.165) is 29.9 Å². The van der Waals surface area contributed by atoms with Gasteiger partial charge in [-0.15, -0.1) is 0 Å². The van der Waals surface area contributed by atoms with Gasteiger partial charge in [0.25, 0.3) is 0 Å². The van der Waals surface area contributed by atoms with Gasteiger partial charge in [0.05, 0.1) is 17.8 Å². The molecular formula is C28H46CaO6. The fourth-order valence-corrected chi connectivity index (χ4v) is 6.74. The predicted molar refractivity (Wildman–Crippen MR) is 140 cm³/mol. The van der Waals surface area contributed by atoms with E-state index in [4.69, 9.17) is 15.0 Å². The Labute approximate surface area is 241 Å². The molecule has 0 saturated heterocycles. The zero-order valence-electron chi connectivity index (χ0n) is 22.2. The Morgan fingerprint density at radius 2 is 1.86 bits per heavy atom. The van der Waals surface area contributed by atoms with Crippen molar-refractivity contribution in [2.45, 2.75) is 110 Å². The number of hydrogen-bond acceptors (Lipinski definition) is 4. The maximum atomic E-state index is 10.1. The van der Waals surface area contributed by atoms with Gasteiger partial charge in [-0.2, -0.15) is 0 Å². The Morgan fingerprint density at radius 1 is 1.23 bits per heavy atom. The normalized spacial score (nSPS) is 34.0. The van der Waals surface area contributed by atoms with Crippen molar-refractivity contribution in [1.82, 2.24) is 0 Å². The molecule has 3 saturated carbocycles. The van der Waals surface area contributed by atoms with Crippen LogP contribution in [0.1, 0.15) is 91.9 Å². The first-order valence-corrected chi connectivity index (χ1v) is 12.8. The van der Waals surface area contributed by atoms with Gasteiger partial charge in [-0.05, 0) is 93.1 Å². The van der Waals surface area contributed by atoms with Crippen LogP contribution in [0, 0.1) is 23.2 Å². The van der Waals surface area contributed by atoms with E-state index in [0.29, 0.717) is 30.1 Å². The van der Waals surface area contributed by atoms with Crippen molar-refractivity contribution < 1.29 is 30.3 Å².